The van der Waals surface area contributed by atoms with Gasteiger partial charge in [0.1, 0.15) is 0 Å². The lowest BCUT2D eigenvalue weighted by Gasteiger charge is -2.42. The summed E-state index contributed by atoms with van der Waals surface area (Å²) in [5.74, 6) is 0.631. The van der Waals surface area contributed by atoms with Gasteiger partial charge < -0.3 is 5.32 Å². The summed E-state index contributed by atoms with van der Waals surface area (Å²) in [6.45, 7) is 9.90. The number of hydrogen-bond acceptors (Lipinski definition) is 2. The molecule has 2 rings (SSSR count). The van der Waals surface area contributed by atoms with E-state index in [1.54, 1.807) is 0 Å². The normalized spacial score (nSPS) is 23.7. The molecule has 118 valence electrons. The molecule has 21 heavy (non-hydrogen) atoms. The van der Waals surface area contributed by atoms with Crippen molar-refractivity contribution >= 4 is 23.2 Å². The third-order valence-corrected chi connectivity index (χ3v) is 4.92. The Labute approximate surface area is 138 Å². The average Bonchev–Trinajstić information content (AvgIpc) is 2.42. The van der Waals surface area contributed by atoms with Gasteiger partial charge in [-0.25, -0.2) is 0 Å². The van der Waals surface area contributed by atoms with Crippen LogP contribution in [-0.2, 0) is 6.54 Å². The van der Waals surface area contributed by atoms with Gasteiger partial charge in [-0.15, -0.1) is 0 Å². The van der Waals surface area contributed by atoms with Crippen molar-refractivity contribution in [1.82, 2.24) is 10.2 Å². The van der Waals surface area contributed by atoms with E-state index < -0.39 is 0 Å². The Morgan fingerprint density at radius 2 is 2.10 bits per heavy atom. The van der Waals surface area contributed by atoms with E-state index in [9.17, 15) is 0 Å². The van der Waals surface area contributed by atoms with Crippen molar-refractivity contribution in [2.75, 3.05) is 13.1 Å². The second-order valence-corrected chi connectivity index (χ2v) is 7.21. The zero-order chi connectivity index (χ0) is 15.4. The summed E-state index contributed by atoms with van der Waals surface area (Å²) in [6.07, 6.45) is 2.45. The van der Waals surface area contributed by atoms with E-state index in [1.165, 1.54) is 18.4 Å². The Morgan fingerprint density at radius 3 is 2.71 bits per heavy atom. The van der Waals surface area contributed by atoms with Crippen LogP contribution in [0.1, 0.15) is 39.2 Å². The molecule has 0 aliphatic carbocycles. The van der Waals surface area contributed by atoms with E-state index in [-0.39, 0.29) is 0 Å². The minimum atomic E-state index is 0.560. The Kier molecular flexibility index (Phi) is 6.36. The zero-order valence-electron chi connectivity index (χ0n) is 13.2. The maximum absolute atomic E-state index is 6.35. The fourth-order valence-electron chi connectivity index (χ4n) is 3.15. The monoisotopic (exact) mass is 328 g/mol. The van der Waals surface area contributed by atoms with Gasteiger partial charge in [0.25, 0.3) is 0 Å². The number of nitrogens with one attached hydrogen (secondary N) is 1. The molecule has 0 saturated carbocycles. The lowest BCUT2D eigenvalue weighted by Crippen LogP contribution is -2.57. The van der Waals surface area contributed by atoms with Gasteiger partial charge in [-0.3, -0.25) is 4.90 Å². The molecule has 2 nitrogen and oxygen atoms in total. The number of halogens is 2. The minimum absolute atomic E-state index is 0.560. The predicted molar refractivity (Wildman–Crippen MR) is 92.2 cm³/mol. The third-order valence-electron chi connectivity index (χ3n) is 4.33. The molecule has 4 heteroatoms. The van der Waals surface area contributed by atoms with Gasteiger partial charge in [0, 0.05) is 41.8 Å². The van der Waals surface area contributed by atoms with Crippen LogP contribution in [0, 0.1) is 5.92 Å². The molecule has 1 saturated heterocycles. The summed E-state index contributed by atoms with van der Waals surface area (Å²) in [4.78, 5) is 2.58. The largest absolute Gasteiger partial charge is 0.311 e. The summed E-state index contributed by atoms with van der Waals surface area (Å²) >= 11 is 12.3. The highest BCUT2D eigenvalue weighted by atomic mass is 35.5. The maximum Gasteiger partial charge on any atom is 0.0465 e. The quantitative estimate of drug-likeness (QED) is 0.850. The van der Waals surface area contributed by atoms with Crippen LogP contribution in [0.2, 0.25) is 10.0 Å². The second-order valence-electron chi connectivity index (χ2n) is 6.37. The summed E-state index contributed by atoms with van der Waals surface area (Å²) < 4.78 is 0. The molecule has 1 aliphatic heterocycles. The van der Waals surface area contributed by atoms with E-state index in [0.29, 0.717) is 23.0 Å². The lowest BCUT2D eigenvalue weighted by atomic mass is 9.96. The molecule has 0 aromatic heterocycles. The first kappa shape index (κ1) is 17.1. The Morgan fingerprint density at radius 1 is 1.33 bits per heavy atom. The number of hydrogen-bond donors (Lipinski definition) is 1. The summed E-state index contributed by atoms with van der Waals surface area (Å²) in [6, 6.07) is 6.98. The van der Waals surface area contributed by atoms with Gasteiger partial charge in [-0.2, -0.15) is 0 Å². The van der Waals surface area contributed by atoms with Crippen LogP contribution in [0.15, 0.2) is 18.2 Å². The van der Waals surface area contributed by atoms with Gasteiger partial charge in [0.05, 0.1) is 0 Å². The van der Waals surface area contributed by atoms with Crippen molar-refractivity contribution in [2.24, 2.45) is 5.92 Å². The number of piperazine rings is 1. The van der Waals surface area contributed by atoms with Crippen LogP contribution in [0.4, 0.5) is 0 Å². The van der Waals surface area contributed by atoms with Crippen LogP contribution in [0.5, 0.6) is 0 Å². The second kappa shape index (κ2) is 7.82. The van der Waals surface area contributed by atoms with Gasteiger partial charge in [-0.05, 0) is 30.0 Å². The molecule has 1 aliphatic rings. The van der Waals surface area contributed by atoms with E-state index in [2.05, 4.69) is 37.1 Å². The summed E-state index contributed by atoms with van der Waals surface area (Å²) in [5, 5.41) is 5.17. The van der Waals surface area contributed by atoms with Crippen molar-refractivity contribution < 1.29 is 0 Å². The molecular formula is C17H26Cl2N2. The van der Waals surface area contributed by atoms with Gasteiger partial charge in [0.15, 0.2) is 0 Å². The molecule has 0 spiro atoms. The zero-order valence-corrected chi connectivity index (χ0v) is 14.7. The highest BCUT2D eigenvalue weighted by molar-refractivity contribution is 6.35. The summed E-state index contributed by atoms with van der Waals surface area (Å²) in [5.41, 5.74) is 1.17. The summed E-state index contributed by atoms with van der Waals surface area (Å²) in [7, 11) is 0. The van der Waals surface area contributed by atoms with Crippen LogP contribution < -0.4 is 5.32 Å². The van der Waals surface area contributed by atoms with Crippen LogP contribution in [-0.4, -0.2) is 30.1 Å². The fourth-order valence-corrected chi connectivity index (χ4v) is 3.62. The molecule has 2 atom stereocenters. The number of nitrogens with zero attached hydrogens (tertiary/aromatic N) is 1. The number of benzene rings is 1. The molecule has 1 heterocycles. The molecule has 2 unspecified atom stereocenters. The van der Waals surface area contributed by atoms with Gasteiger partial charge in [-0.1, -0.05) is 56.5 Å². The van der Waals surface area contributed by atoms with Crippen LogP contribution >= 0.6 is 23.2 Å². The molecular weight excluding hydrogens is 303 g/mol. The van der Waals surface area contributed by atoms with Crippen molar-refractivity contribution in [3.8, 4) is 0 Å². The van der Waals surface area contributed by atoms with Crippen molar-refractivity contribution in [1.29, 1.82) is 0 Å². The Bertz CT molecular complexity index is 462. The van der Waals surface area contributed by atoms with Gasteiger partial charge in [0.2, 0.25) is 0 Å². The van der Waals surface area contributed by atoms with Crippen LogP contribution in [0.25, 0.3) is 0 Å². The number of rotatable bonds is 5. The lowest BCUT2D eigenvalue weighted by molar-refractivity contribution is 0.0885. The first-order valence-electron chi connectivity index (χ1n) is 7.92. The maximum atomic E-state index is 6.35. The van der Waals surface area contributed by atoms with Crippen molar-refractivity contribution in [3.63, 3.8) is 0 Å². The SMILES string of the molecule is CCCC1CN(Cc2ccc(Cl)cc2Cl)C(C(C)C)CN1. The first-order chi connectivity index (χ1) is 10.0. The first-order valence-corrected chi connectivity index (χ1v) is 8.68. The highest BCUT2D eigenvalue weighted by Gasteiger charge is 2.29. The van der Waals surface area contributed by atoms with Gasteiger partial charge >= 0.3 is 0 Å². The van der Waals surface area contributed by atoms with Crippen molar-refractivity contribution in [3.05, 3.63) is 33.8 Å². The Hall–Kier alpha value is -0.280. The minimum Gasteiger partial charge on any atom is -0.311 e. The third kappa shape index (κ3) is 4.59. The average molecular weight is 329 g/mol. The standard InChI is InChI=1S/C17H26Cl2N2/c1-4-5-15-11-21(17(9-20-15)12(2)3)10-13-6-7-14(18)8-16(13)19/h6-8,12,15,17,20H,4-5,9-11H2,1-3H3. The van der Waals surface area contributed by atoms with Crippen LogP contribution in [0.3, 0.4) is 0 Å². The van der Waals surface area contributed by atoms with E-state index in [0.717, 1.165) is 24.7 Å². The molecule has 1 aromatic carbocycles. The highest BCUT2D eigenvalue weighted by Crippen LogP contribution is 2.25. The fraction of sp³-hybridized carbons (Fsp3) is 0.647. The topological polar surface area (TPSA) is 15.3 Å². The molecule has 1 aromatic rings. The predicted octanol–water partition coefficient (Wildman–Crippen LogP) is 4.59. The molecule has 1 fully saturated rings. The molecule has 0 radical (unpaired) electrons. The smallest absolute Gasteiger partial charge is 0.0465 e. The molecule has 0 amide bonds. The van der Waals surface area contributed by atoms with E-state index in [1.807, 2.05) is 12.1 Å². The van der Waals surface area contributed by atoms with E-state index in [4.69, 9.17) is 23.2 Å². The molecule has 0 bridgehead atoms. The Balaban J connectivity index is 2.11. The molecule has 1 N–H and O–H groups in total. The van der Waals surface area contributed by atoms with E-state index >= 15 is 0 Å². The van der Waals surface area contributed by atoms with Crippen molar-refractivity contribution in [2.45, 2.75) is 52.2 Å².